The van der Waals surface area contributed by atoms with Crippen LogP contribution in [0.5, 0.6) is 0 Å². The first-order chi connectivity index (χ1) is 8.16. The van der Waals surface area contributed by atoms with Gasteiger partial charge >= 0.3 is 5.97 Å². The lowest BCUT2D eigenvalue weighted by molar-refractivity contribution is -0.134. The van der Waals surface area contributed by atoms with Gasteiger partial charge in [-0.2, -0.15) is 0 Å². The van der Waals surface area contributed by atoms with Crippen molar-refractivity contribution in [2.45, 2.75) is 16.7 Å². The van der Waals surface area contributed by atoms with Gasteiger partial charge in [0.05, 0.1) is 10.6 Å². The third-order valence-electron chi connectivity index (χ3n) is 2.46. The van der Waals surface area contributed by atoms with Crippen molar-refractivity contribution in [3.63, 3.8) is 0 Å². The Balaban J connectivity index is 2.72. The Labute approximate surface area is 115 Å². The summed E-state index contributed by atoms with van der Waals surface area (Å²) in [6.45, 7) is 0. The van der Waals surface area contributed by atoms with Crippen LogP contribution in [0.25, 0.3) is 0 Å². The number of allylic oxidation sites excluding steroid dienone is 4. The van der Waals surface area contributed by atoms with Crippen molar-refractivity contribution in [3.8, 4) is 0 Å². The number of carboxylic acid groups (broad SMARTS) is 1. The van der Waals surface area contributed by atoms with Gasteiger partial charge in [0.25, 0.3) is 0 Å². The summed E-state index contributed by atoms with van der Waals surface area (Å²) in [7, 11) is -3.74. The Morgan fingerprint density at radius 3 is 2.67 bits per heavy atom. The molecule has 0 saturated heterocycles. The molecule has 0 saturated carbocycles. The van der Waals surface area contributed by atoms with Crippen LogP contribution in [0.15, 0.2) is 24.0 Å². The minimum atomic E-state index is -3.74. The molecule has 1 rings (SSSR count). The van der Waals surface area contributed by atoms with Crippen molar-refractivity contribution in [2.75, 3.05) is 11.5 Å². The summed E-state index contributed by atoms with van der Waals surface area (Å²) in [6.07, 6.45) is 4.25. The predicted molar refractivity (Wildman–Crippen MR) is 69.0 cm³/mol. The molecule has 102 valence electrons. The molecule has 0 aromatic carbocycles. The van der Waals surface area contributed by atoms with Gasteiger partial charge in [0.1, 0.15) is 16.9 Å². The van der Waals surface area contributed by atoms with Crippen LogP contribution in [0, 0.1) is 0 Å². The quantitative estimate of drug-likeness (QED) is 0.750. The fourth-order valence-corrected chi connectivity index (χ4v) is 3.32. The third-order valence-corrected chi connectivity index (χ3v) is 5.23. The molecule has 0 amide bonds. The first-order valence-electron chi connectivity index (χ1n) is 5.00. The summed E-state index contributed by atoms with van der Waals surface area (Å²) in [4.78, 5) is 9.13. The second-order valence-corrected chi connectivity index (χ2v) is 7.30. The number of sulfone groups is 1. The predicted octanol–water partition coefficient (Wildman–Crippen LogP) is 1.47. The lowest BCUT2D eigenvalue weighted by atomic mass is 9.95. The highest BCUT2D eigenvalue weighted by molar-refractivity contribution is 7.92. The largest absolute Gasteiger partial charge is 0.511 e. The second-order valence-electron chi connectivity index (χ2n) is 3.98. The molecule has 0 radical (unpaired) electrons. The minimum absolute atomic E-state index is 0.0767. The van der Waals surface area contributed by atoms with E-state index in [0.717, 1.165) is 0 Å². The molecule has 2 unspecified atom stereocenters. The molecule has 0 aromatic heterocycles. The zero-order valence-corrected chi connectivity index (χ0v) is 11.5. The summed E-state index contributed by atoms with van der Waals surface area (Å²) in [5, 5.41) is 16.9. The average molecular weight is 315 g/mol. The average Bonchev–Trinajstić information content (AvgIpc) is 2.22. The first kappa shape index (κ1) is 15.3. The number of alkyl halides is 2. The molecule has 1 aliphatic carbocycles. The SMILES string of the molecule is O=C(O)CS(=O)(=O)CCC1(Cl)C=CC=C(O)C1Cl. The summed E-state index contributed by atoms with van der Waals surface area (Å²) in [5.74, 6) is -2.92. The van der Waals surface area contributed by atoms with Crippen molar-refractivity contribution >= 4 is 39.0 Å². The van der Waals surface area contributed by atoms with E-state index in [-0.39, 0.29) is 12.2 Å². The van der Waals surface area contributed by atoms with E-state index in [4.69, 9.17) is 28.3 Å². The first-order valence-corrected chi connectivity index (χ1v) is 7.63. The smallest absolute Gasteiger partial charge is 0.318 e. The second kappa shape index (κ2) is 5.50. The number of rotatable bonds is 5. The van der Waals surface area contributed by atoms with Gasteiger partial charge in [-0.05, 0) is 12.5 Å². The molecule has 2 N–H and O–H groups in total. The molecular weight excluding hydrogens is 303 g/mol. The Kier molecular flexibility index (Phi) is 4.69. The fourth-order valence-electron chi connectivity index (χ4n) is 1.50. The van der Waals surface area contributed by atoms with E-state index in [1.807, 2.05) is 0 Å². The summed E-state index contributed by atoms with van der Waals surface area (Å²) >= 11 is 12.0. The monoisotopic (exact) mass is 314 g/mol. The number of halogens is 2. The Hall–Kier alpha value is -0.720. The molecule has 0 heterocycles. The zero-order chi connectivity index (χ0) is 14.0. The highest BCUT2D eigenvalue weighted by Crippen LogP contribution is 2.36. The van der Waals surface area contributed by atoms with Crippen LogP contribution in [0.3, 0.4) is 0 Å². The molecule has 2 atom stereocenters. The van der Waals surface area contributed by atoms with Gasteiger partial charge in [-0.1, -0.05) is 12.2 Å². The van der Waals surface area contributed by atoms with Crippen molar-refractivity contribution in [1.29, 1.82) is 0 Å². The molecular formula is C10H12Cl2O5S. The Morgan fingerprint density at radius 2 is 2.11 bits per heavy atom. The standard InChI is InChI=1S/C10H12Cl2O5S/c11-9-7(13)2-1-3-10(9,12)4-5-18(16,17)6-8(14)15/h1-3,9,13H,4-6H2,(H,14,15). The topological polar surface area (TPSA) is 91.7 Å². The van der Waals surface area contributed by atoms with Gasteiger partial charge in [-0.3, -0.25) is 4.79 Å². The van der Waals surface area contributed by atoms with E-state index in [9.17, 15) is 18.3 Å². The fraction of sp³-hybridized carbons (Fsp3) is 0.500. The molecule has 0 aliphatic heterocycles. The van der Waals surface area contributed by atoms with Crippen LogP contribution >= 0.6 is 23.2 Å². The zero-order valence-electron chi connectivity index (χ0n) is 9.21. The molecule has 8 heteroatoms. The van der Waals surface area contributed by atoms with Gasteiger partial charge in [0, 0.05) is 0 Å². The molecule has 0 aromatic rings. The number of carboxylic acids is 1. The third kappa shape index (κ3) is 3.90. The minimum Gasteiger partial charge on any atom is -0.511 e. The van der Waals surface area contributed by atoms with Crippen LogP contribution in [-0.2, 0) is 14.6 Å². The van der Waals surface area contributed by atoms with E-state index in [2.05, 4.69) is 0 Å². The summed E-state index contributed by atoms with van der Waals surface area (Å²) in [6, 6.07) is 0. The highest BCUT2D eigenvalue weighted by Gasteiger charge is 2.38. The Bertz CT molecular complexity index is 496. The molecule has 0 fully saturated rings. The van der Waals surface area contributed by atoms with Crippen LogP contribution < -0.4 is 0 Å². The maximum atomic E-state index is 11.4. The van der Waals surface area contributed by atoms with Gasteiger partial charge in [-0.25, -0.2) is 8.42 Å². The maximum absolute atomic E-state index is 11.4. The lowest BCUT2D eigenvalue weighted by Crippen LogP contribution is -2.36. The van der Waals surface area contributed by atoms with Crippen molar-refractivity contribution in [2.24, 2.45) is 0 Å². The lowest BCUT2D eigenvalue weighted by Gasteiger charge is -2.30. The number of hydrogen-bond acceptors (Lipinski definition) is 4. The summed E-state index contributed by atoms with van der Waals surface area (Å²) in [5.41, 5.74) is 0. The van der Waals surface area contributed by atoms with E-state index in [1.165, 1.54) is 18.2 Å². The van der Waals surface area contributed by atoms with E-state index in [1.54, 1.807) is 0 Å². The van der Waals surface area contributed by atoms with Gasteiger partial charge in [-0.15, -0.1) is 23.2 Å². The van der Waals surface area contributed by atoms with Gasteiger partial charge in [0.2, 0.25) is 0 Å². The van der Waals surface area contributed by atoms with Crippen molar-refractivity contribution in [3.05, 3.63) is 24.0 Å². The van der Waals surface area contributed by atoms with Gasteiger partial charge in [0.15, 0.2) is 9.84 Å². The maximum Gasteiger partial charge on any atom is 0.318 e. The van der Waals surface area contributed by atoms with Crippen molar-refractivity contribution < 1.29 is 23.4 Å². The summed E-state index contributed by atoms with van der Waals surface area (Å²) < 4.78 is 22.9. The molecule has 0 spiro atoms. The van der Waals surface area contributed by atoms with Crippen LogP contribution in [-0.4, -0.2) is 46.4 Å². The van der Waals surface area contributed by atoms with Crippen LogP contribution in [0.4, 0.5) is 0 Å². The highest BCUT2D eigenvalue weighted by atomic mass is 35.5. The number of aliphatic carboxylic acids is 1. The number of hydrogen-bond donors (Lipinski definition) is 2. The van der Waals surface area contributed by atoms with Crippen molar-refractivity contribution in [1.82, 2.24) is 0 Å². The number of aliphatic hydroxyl groups excluding tert-OH is 1. The molecule has 1 aliphatic rings. The van der Waals surface area contributed by atoms with E-state index >= 15 is 0 Å². The number of carbonyl (C=O) groups is 1. The van der Waals surface area contributed by atoms with Gasteiger partial charge < -0.3 is 10.2 Å². The number of aliphatic hydroxyl groups is 1. The van der Waals surface area contributed by atoms with Crippen LogP contribution in [0.2, 0.25) is 0 Å². The van der Waals surface area contributed by atoms with Crippen LogP contribution in [0.1, 0.15) is 6.42 Å². The normalized spacial score (nSPS) is 27.9. The molecule has 5 nitrogen and oxygen atoms in total. The van der Waals surface area contributed by atoms with E-state index in [0.29, 0.717) is 0 Å². The molecule has 0 bridgehead atoms. The molecule has 18 heavy (non-hydrogen) atoms. The Morgan fingerprint density at radius 1 is 1.50 bits per heavy atom. The van der Waals surface area contributed by atoms with E-state index < -0.39 is 37.6 Å².